The Morgan fingerprint density at radius 2 is 1.67 bits per heavy atom. The predicted molar refractivity (Wildman–Crippen MR) is 177 cm³/mol. The number of benzene rings is 3. The van der Waals surface area contributed by atoms with Crippen LogP contribution < -0.4 is 16.2 Å². The van der Waals surface area contributed by atoms with Gasteiger partial charge in [-0.05, 0) is 90.5 Å². The second-order valence-corrected chi connectivity index (χ2v) is 13.9. The van der Waals surface area contributed by atoms with Gasteiger partial charge in [0.15, 0.2) is 5.96 Å². The minimum atomic E-state index is -4.54. The van der Waals surface area contributed by atoms with Crippen molar-refractivity contribution in [3.63, 3.8) is 0 Å². The van der Waals surface area contributed by atoms with E-state index in [4.69, 9.17) is 16.2 Å². The SMILES string of the molecule is CC[C@H]1C[C@@H](S(=O)(=O)O)[C@@H]2C=C([C@@H](O)c3ccc(O)cc3)CC[C@H]2c2ccc(cc2)[C@@](CCCO)(N=C(N)N)Oc2ccc1cc2. The Morgan fingerprint density at radius 3 is 2.26 bits per heavy atom. The number of aliphatic hydroxyl groups excluding tert-OH is 2. The number of ether oxygens (including phenoxy) is 1. The van der Waals surface area contributed by atoms with E-state index in [0.29, 0.717) is 48.1 Å². The van der Waals surface area contributed by atoms with Crippen molar-refractivity contribution >= 4 is 16.1 Å². The molecule has 6 atom stereocenters. The van der Waals surface area contributed by atoms with Gasteiger partial charge in [0, 0.05) is 24.5 Å². The maximum atomic E-state index is 13.2. The molecule has 0 radical (unpaired) electrons. The summed E-state index contributed by atoms with van der Waals surface area (Å²) >= 11 is 0. The molecule has 8 rings (SSSR count). The average molecular weight is 650 g/mol. The molecule has 0 amide bonds. The molecule has 246 valence electrons. The van der Waals surface area contributed by atoms with Crippen molar-refractivity contribution in [2.75, 3.05) is 6.61 Å². The maximum absolute atomic E-state index is 13.2. The first-order chi connectivity index (χ1) is 21.9. The highest BCUT2D eigenvalue weighted by Gasteiger charge is 2.42. The summed E-state index contributed by atoms with van der Waals surface area (Å²) in [4.78, 5) is 4.54. The molecule has 3 aromatic carbocycles. The molecule has 0 fully saturated rings. The third-order valence-electron chi connectivity index (χ3n) is 9.41. The van der Waals surface area contributed by atoms with Gasteiger partial charge in [0.1, 0.15) is 17.6 Å². The average Bonchev–Trinajstić information content (AvgIpc) is 3.04. The first-order valence-corrected chi connectivity index (χ1v) is 17.2. The summed E-state index contributed by atoms with van der Waals surface area (Å²) in [7, 11) is -4.54. The van der Waals surface area contributed by atoms with E-state index in [1.165, 1.54) is 12.1 Å². The van der Waals surface area contributed by atoms with Crippen molar-refractivity contribution in [2.45, 2.75) is 74.4 Å². The fourth-order valence-corrected chi connectivity index (χ4v) is 8.17. The lowest BCUT2D eigenvalue weighted by molar-refractivity contribution is 0.0576. The van der Waals surface area contributed by atoms with E-state index in [1.54, 1.807) is 24.3 Å². The molecule has 0 spiro atoms. The number of hydrogen-bond donors (Lipinski definition) is 6. The fourth-order valence-electron chi connectivity index (χ4n) is 7.03. The third-order valence-corrected chi connectivity index (χ3v) is 10.7. The van der Waals surface area contributed by atoms with E-state index in [1.807, 2.05) is 49.4 Å². The summed E-state index contributed by atoms with van der Waals surface area (Å²) in [6.07, 6.45) is 3.31. The molecule has 46 heavy (non-hydrogen) atoms. The highest BCUT2D eigenvalue weighted by Crippen LogP contribution is 2.47. The summed E-state index contributed by atoms with van der Waals surface area (Å²) < 4.78 is 43.8. The monoisotopic (exact) mass is 649 g/mol. The lowest BCUT2D eigenvalue weighted by Gasteiger charge is -2.37. The molecule has 0 unspecified atom stereocenters. The minimum Gasteiger partial charge on any atom is -0.508 e. The van der Waals surface area contributed by atoms with Crippen LogP contribution in [-0.2, 0) is 15.8 Å². The van der Waals surface area contributed by atoms with Gasteiger partial charge in [-0.25, -0.2) is 4.99 Å². The number of guanidine groups is 1. The Bertz CT molecular complexity index is 1650. The highest BCUT2D eigenvalue weighted by atomic mass is 32.2. The van der Waals surface area contributed by atoms with Gasteiger partial charge in [0.25, 0.3) is 10.1 Å². The Kier molecular flexibility index (Phi) is 10.1. The van der Waals surface area contributed by atoms with E-state index in [0.717, 1.165) is 11.1 Å². The summed E-state index contributed by atoms with van der Waals surface area (Å²) in [5.74, 6) is -0.743. The van der Waals surface area contributed by atoms with Crippen LogP contribution in [0.15, 0.2) is 89.4 Å². The zero-order valence-corrected chi connectivity index (χ0v) is 26.7. The molecular weight excluding hydrogens is 606 g/mol. The van der Waals surface area contributed by atoms with Crippen LogP contribution in [0.4, 0.5) is 0 Å². The zero-order chi connectivity index (χ0) is 33.1. The van der Waals surface area contributed by atoms with Crippen LogP contribution in [0.1, 0.15) is 85.6 Å². The quantitative estimate of drug-likeness (QED) is 0.0846. The second-order valence-electron chi connectivity index (χ2n) is 12.3. The van der Waals surface area contributed by atoms with Gasteiger partial charge in [-0.15, -0.1) is 0 Å². The van der Waals surface area contributed by atoms with Crippen molar-refractivity contribution in [1.82, 2.24) is 0 Å². The van der Waals surface area contributed by atoms with Crippen LogP contribution in [0.3, 0.4) is 0 Å². The van der Waals surface area contributed by atoms with Gasteiger partial charge in [-0.2, -0.15) is 8.42 Å². The van der Waals surface area contributed by atoms with Crippen LogP contribution >= 0.6 is 0 Å². The van der Waals surface area contributed by atoms with Gasteiger partial charge in [0.05, 0.1) is 5.25 Å². The Labute approximate surface area is 270 Å². The predicted octanol–water partition coefficient (Wildman–Crippen LogP) is 4.98. The number of rotatable bonds is 8. The van der Waals surface area contributed by atoms with E-state index in [2.05, 4.69) is 4.99 Å². The van der Waals surface area contributed by atoms with Crippen molar-refractivity contribution in [3.05, 3.63) is 107 Å². The van der Waals surface area contributed by atoms with Crippen molar-refractivity contribution in [1.29, 1.82) is 0 Å². The van der Waals surface area contributed by atoms with Crippen LogP contribution in [0.2, 0.25) is 0 Å². The summed E-state index contributed by atoms with van der Waals surface area (Å²) in [5, 5.41) is 29.7. The van der Waals surface area contributed by atoms with Gasteiger partial charge >= 0.3 is 0 Å². The van der Waals surface area contributed by atoms with E-state index in [9.17, 15) is 28.3 Å². The first-order valence-electron chi connectivity index (χ1n) is 15.7. The molecule has 4 heterocycles. The second kappa shape index (κ2) is 13.8. The lowest BCUT2D eigenvalue weighted by atomic mass is 9.72. The normalized spacial score (nSPS) is 25.3. The molecule has 5 aliphatic rings. The Hall–Kier alpha value is -3.90. The van der Waals surface area contributed by atoms with Crippen LogP contribution in [-0.4, -0.2) is 46.1 Å². The van der Waals surface area contributed by atoms with E-state index in [-0.39, 0.29) is 43.0 Å². The highest BCUT2D eigenvalue weighted by molar-refractivity contribution is 7.86. The standard InChI is InChI=1S/C35H43N3O7S/c1-2-22-21-32(46(42,43)44)31-20-26(33(41)25-6-13-28(40)14-7-25)10-17-30(31)24-4-11-27(12-5-24)35(18-3-19-39,38-34(36)37)45-29-15-8-23(22)9-16-29/h4-9,11-16,20,22,30-33,39-41H,2-3,10,17-19,21H2,1H3,(H4,36,37,38)(H,42,43,44)/t22-,30-,31+,32+,33-,35-/m0/s1. The molecule has 11 heteroatoms. The molecule has 4 aliphatic heterocycles. The van der Waals surface area contributed by atoms with Gasteiger partial charge in [-0.1, -0.05) is 61.5 Å². The largest absolute Gasteiger partial charge is 0.508 e. The van der Waals surface area contributed by atoms with Crippen molar-refractivity contribution in [2.24, 2.45) is 22.4 Å². The topological polar surface area (TPSA) is 189 Å². The van der Waals surface area contributed by atoms with Crippen molar-refractivity contribution in [3.8, 4) is 11.5 Å². The molecule has 4 bridgehead atoms. The molecular formula is C35H43N3O7S. The van der Waals surface area contributed by atoms with Crippen LogP contribution in [0.25, 0.3) is 0 Å². The van der Waals surface area contributed by atoms with E-state index < -0.39 is 33.1 Å². The maximum Gasteiger partial charge on any atom is 0.268 e. The number of aliphatic hydroxyl groups is 2. The zero-order valence-electron chi connectivity index (χ0n) is 25.9. The molecule has 3 aromatic rings. The third kappa shape index (κ3) is 7.23. The minimum absolute atomic E-state index is 0.0783. The van der Waals surface area contributed by atoms with Crippen LogP contribution in [0, 0.1) is 5.92 Å². The summed E-state index contributed by atoms with van der Waals surface area (Å²) in [6, 6.07) is 21.1. The molecule has 0 aromatic heterocycles. The molecule has 1 aliphatic carbocycles. The smallest absolute Gasteiger partial charge is 0.268 e. The van der Waals surface area contributed by atoms with Gasteiger partial charge in [-0.3, -0.25) is 4.55 Å². The number of nitrogens with two attached hydrogens (primary N) is 2. The van der Waals surface area contributed by atoms with Crippen LogP contribution in [0.5, 0.6) is 11.5 Å². The molecule has 8 N–H and O–H groups in total. The molecule has 0 saturated heterocycles. The van der Waals surface area contributed by atoms with Crippen molar-refractivity contribution < 1.29 is 33.0 Å². The molecule has 10 nitrogen and oxygen atoms in total. The number of phenolic OH excluding ortho intramolecular Hbond substituents is 1. The summed E-state index contributed by atoms with van der Waals surface area (Å²) in [6.45, 7) is 1.89. The fraction of sp³-hybridized carbons (Fsp3) is 0.400. The van der Waals surface area contributed by atoms with Gasteiger partial charge < -0.3 is 31.5 Å². The number of phenols is 1. The number of aliphatic imine (C=N–C) groups is 1. The number of allylic oxidation sites excluding steroid dienone is 1. The molecule has 0 saturated carbocycles. The summed E-state index contributed by atoms with van der Waals surface area (Å²) in [5.41, 5.74) is 14.1. The lowest BCUT2D eigenvalue weighted by Crippen LogP contribution is -2.37. The number of aromatic hydroxyl groups is 1. The Balaban J connectivity index is 1.69. The number of hydrogen-bond acceptors (Lipinski definition) is 7. The number of nitrogens with zero attached hydrogens (tertiary/aromatic N) is 1. The van der Waals surface area contributed by atoms with Gasteiger partial charge in [0.2, 0.25) is 5.72 Å². The van der Waals surface area contributed by atoms with E-state index >= 15 is 0 Å². The Morgan fingerprint density at radius 1 is 1.02 bits per heavy atom. The first kappa shape index (κ1) is 33.5.